The van der Waals surface area contributed by atoms with Crippen LogP contribution in [0, 0.1) is 0 Å². The van der Waals surface area contributed by atoms with Gasteiger partial charge in [-0.25, -0.2) is 0 Å². The summed E-state index contributed by atoms with van der Waals surface area (Å²) in [5, 5.41) is 0. The summed E-state index contributed by atoms with van der Waals surface area (Å²) >= 11 is 0. The Hall–Kier alpha value is -0.650. The first-order valence-electron chi connectivity index (χ1n) is 6.59. The number of esters is 1. The van der Waals surface area contributed by atoms with Gasteiger partial charge >= 0.3 is 5.97 Å². The minimum Gasteiger partial charge on any atom is -0.465 e. The van der Waals surface area contributed by atoms with Crippen LogP contribution in [0.5, 0.6) is 0 Å². The Kier molecular flexibility index (Phi) is 4.36. The van der Waals surface area contributed by atoms with E-state index in [4.69, 9.17) is 10.5 Å². The highest BCUT2D eigenvalue weighted by Crippen LogP contribution is 2.21. The third kappa shape index (κ3) is 3.18. The van der Waals surface area contributed by atoms with Gasteiger partial charge in [-0.1, -0.05) is 0 Å². The van der Waals surface area contributed by atoms with Crippen LogP contribution in [0.15, 0.2) is 0 Å². The van der Waals surface area contributed by atoms with E-state index in [1.807, 2.05) is 6.92 Å². The van der Waals surface area contributed by atoms with Gasteiger partial charge in [0, 0.05) is 32.2 Å². The SMILES string of the molecule is CCOC(=O)C(N)CN1CCN2CCCC2C1. The molecule has 0 radical (unpaired) electrons. The van der Waals surface area contributed by atoms with Gasteiger partial charge < -0.3 is 10.5 Å². The van der Waals surface area contributed by atoms with Gasteiger partial charge in [-0.05, 0) is 26.3 Å². The van der Waals surface area contributed by atoms with E-state index < -0.39 is 6.04 Å². The maximum atomic E-state index is 11.5. The maximum Gasteiger partial charge on any atom is 0.324 e. The lowest BCUT2D eigenvalue weighted by Gasteiger charge is -2.38. The van der Waals surface area contributed by atoms with Crippen molar-refractivity contribution in [1.29, 1.82) is 0 Å². The van der Waals surface area contributed by atoms with Crippen molar-refractivity contribution in [2.45, 2.75) is 31.8 Å². The predicted octanol–water partition coefficient (Wildman–Crippen LogP) is -0.343. The van der Waals surface area contributed by atoms with Crippen molar-refractivity contribution in [3.63, 3.8) is 0 Å². The summed E-state index contributed by atoms with van der Waals surface area (Å²) in [6, 6.07) is 0.182. The van der Waals surface area contributed by atoms with Crippen molar-refractivity contribution in [2.75, 3.05) is 39.3 Å². The molecular weight excluding hydrogens is 218 g/mol. The van der Waals surface area contributed by atoms with E-state index in [-0.39, 0.29) is 5.97 Å². The maximum absolute atomic E-state index is 11.5. The van der Waals surface area contributed by atoms with Gasteiger partial charge in [0.2, 0.25) is 0 Å². The molecule has 5 heteroatoms. The summed E-state index contributed by atoms with van der Waals surface area (Å²) in [5.74, 6) is -0.277. The first-order valence-corrected chi connectivity index (χ1v) is 6.59. The molecule has 0 bridgehead atoms. The first kappa shape index (κ1) is 12.8. The van der Waals surface area contributed by atoms with E-state index in [0.717, 1.165) is 19.6 Å². The van der Waals surface area contributed by atoms with E-state index in [1.165, 1.54) is 19.4 Å². The number of carbonyl (C=O) groups is 1. The molecule has 17 heavy (non-hydrogen) atoms. The molecule has 2 fully saturated rings. The van der Waals surface area contributed by atoms with Crippen molar-refractivity contribution in [3.05, 3.63) is 0 Å². The fraction of sp³-hybridized carbons (Fsp3) is 0.917. The van der Waals surface area contributed by atoms with Gasteiger partial charge in [0.05, 0.1) is 6.61 Å². The molecule has 2 aliphatic heterocycles. The van der Waals surface area contributed by atoms with Crippen LogP contribution < -0.4 is 5.73 Å². The predicted molar refractivity (Wildman–Crippen MR) is 65.6 cm³/mol. The smallest absolute Gasteiger partial charge is 0.324 e. The summed E-state index contributed by atoms with van der Waals surface area (Å²) in [4.78, 5) is 16.3. The van der Waals surface area contributed by atoms with Crippen LogP contribution in [0.3, 0.4) is 0 Å². The summed E-state index contributed by atoms with van der Waals surface area (Å²) in [7, 11) is 0. The van der Waals surface area contributed by atoms with Crippen molar-refractivity contribution in [3.8, 4) is 0 Å². The van der Waals surface area contributed by atoms with Gasteiger partial charge in [0.1, 0.15) is 6.04 Å². The molecule has 2 heterocycles. The first-order chi connectivity index (χ1) is 8.20. The lowest BCUT2D eigenvalue weighted by Crippen LogP contribution is -2.54. The molecule has 5 nitrogen and oxygen atoms in total. The van der Waals surface area contributed by atoms with Crippen LogP contribution >= 0.6 is 0 Å². The fourth-order valence-corrected chi connectivity index (χ4v) is 2.82. The van der Waals surface area contributed by atoms with Gasteiger partial charge in [0.25, 0.3) is 0 Å². The van der Waals surface area contributed by atoms with E-state index in [0.29, 0.717) is 19.2 Å². The number of fused-ring (bicyclic) bond motifs is 1. The molecule has 98 valence electrons. The monoisotopic (exact) mass is 241 g/mol. The Balaban J connectivity index is 1.77. The second-order valence-corrected chi connectivity index (χ2v) is 4.95. The van der Waals surface area contributed by atoms with Gasteiger partial charge in [-0.15, -0.1) is 0 Å². The van der Waals surface area contributed by atoms with Crippen LogP contribution in [-0.4, -0.2) is 67.2 Å². The van der Waals surface area contributed by atoms with Gasteiger partial charge in [-0.3, -0.25) is 14.6 Å². The number of ether oxygens (including phenoxy) is 1. The average Bonchev–Trinajstić information content (AvgIpc) is 2.76. The summed E-state index contributed by atoms with van der Waals surface area (Å²) < 4.78 is 4.93. The quantitative estimate of drug-likeness (QED) is 0.682. The number of piperazine rings is 1. The normalized spacial score (nSPS) is 27.8. The van der Waals surface area contributed by atoms with Crippen LogP contribution in [0.4, 0.5) is 0 Å². The Morgan fingerprint density at radius 3 is 3.06 bits per heavy atom. The van der Waals surface area contributed by atoms with E-state index >= 15 is 0 Å². The van der Waals surface area contributed by atoms with Crippen LogP contribution in [0.1, 0.15) is 19.8 Å². The minimum absolute atomic E-state index is 0.277. The summed E-state index contributed by atoms with van der Waals surface area (Å²) in [6.45, 7) is 7.26. The molecule has 0 amide bonds. The molecule has 0 aromatic rings. The number of hydrogen-bond donors (Lipinski definition) is 1. The molecule has 0 aliphatic carbocycles. The zero-order valence-corrected chi connectivity index (χ0v) is 10.6. The van der Waals surface area contributed by atoms with E-state index in [2.05, 4.69) is 9.80 Å². The van der Waals surface area contributed by atoms with Crippen molar-refractivity contribution < 1.29 is 9.53 Å². The minimum atomic E-state index is -0.497. The number of hydrogen-bond acceptors (Lipinski definition) is 5. The number of rotatable bonds is 4. The molecule has 2 rings (SSSR count). The third-order valence-corrected chi connectivity index (χ3v) is 3.72. The van der Waals surface area contributed by atoms with Crippen molar-refractivity contribution in [1.82, 2.24) is 9.80 Å². The Morgan fingerprint density at radius 1 is 1.47 bits per heavy atom. The second kappa shape index (κ2) is 5.80. The number of nitrogens with zero attached hydrogens (tertiary/aromatic N) is 2. The average molecular weight is 241 g/mol. The fourth-order valence-electron chi connectivity index (χ4n) is 2.82. The highest BCUT2D eigenvalue weighted by Gasteiger charge is 2.31. The summed E-state index contributed by atoms with van der Waals surface area (Å²) in [5.41, 5.74) is 5.84. The van der Waals surface area contributed by atoms with E-state index in [9.17, 15) is 4.79 Å². The van der Waals surface area contributed by atoms with E-state index in [1.54, 1.807) is 0 Å². The molecule has 2 N–H and O–H groups in total. The molecule has 2 saturated heterocycles. The Morgan fingerprint density at radius 2 is 2.29 bits per heavy atom. The van der Waals surface area contributed by atoms with Crippen molar-refractivity contribution in [2.24, 2.45) is 5.73 Å². The second-order valence-electron chi connectivity index (χ2n) is 4.95. The summed E-state index contributed by atoms with van der Waals surface area (Å²) in [6.07, 6.45) is 2.59. The number of carbonyl (C=O) groups excluding carboxylic acids is 1. The molecular formula is C12H23N3O2. The number of nitrogens with two attached hydrogens (primary N) is 1. The molecule has 2 unspecified atom stereocenters. The highest BCUT2D eigenvalue weighted by atomic mass is 16.5. The third-order valence-electron chi connectivity index (χ3n) is 3.72. The zero-order valence-electron chi connectivity index (χ0n) is 10.6. The lowest BCUT2D eigenvalue weighted by molar-refractivity contribution is -0.145. The molecule has 2 aliphatic rings. The van der Waals surface area contributed by atoms with Crippen LogP contribution in [0.2, 0.25) is 0 Å². The molecule has 0 aromatic heterocycles. The molecule has 0 aromatic carbocycles. The molecule has 2 atom stereocenters. The van der Waals surface area contributed by atoms with Crippen LogP contribution in [-0.2, 0) is 9.53 Å². The van der Waals surface area contributed by atoms with Gasteiger partial charge in [-0.2, -0.15) is 0 Å². The Labute approximate surface area is 103 Å². The molecule has 0 saturated carbocycles. The largest absolute Gasteiger partial charge is 0.465 e. The Bertz CT molecular complexity index is 272. The highest BCUT2D eigenvalue weighted by molar-refractivity contribution is 5.75. The lowest BCUT2D eigenvalue weighted by atomic mass is 10.1. The molecule has 0 spiro atoms. The standard InChI is InChI=1S/C12H23N3O2/c1-2-17-12(16)11(13)9-14-6-7-15-5-3-4-10(15)8-14/h10-11H,2-9,13H2,1H3. The van der Waals surface area contributed by atoms with Crippen molar-refractivity contribution >= 4 is 5.97 Å². The topological polar surface area (TPSA) is 58.8 Å². The van der Waals surface area contributed by atoms with Gasteiger partial charge in [0.15, 0.2) is 0 Å². The van der Waals surface area contributed by atoms with Crippen LogP contribution in [0.25, 0.3) is 0 Å². The zero-order chi connectivity index (χ0) is 12.3.